The fraction of sp³-hybridized carbons (Fsp3) is 0.286. The molecule has 2 aromatic rings. The van der Waals surface area contributed by atoms with Gasteiger partial charge in [-0.2, -0.15) is 5.10 Å². The van der Waals surface area contributed by atoms with E-state index in [9.17, 15) is 17.6 Å². The molecule has 1 atom stereocenters. The molecule has 0 saturated carbocycles. The predicted octanol–water partition coefficient (Wildman–Crippen LogP) is 1.06. The molecule has 0 spiro atoms. The highest BCUT2D eigenvalue weighted by molar-refractivity contribution is 7.92. The van der Waals surface area contributed by atoms with Gasteiger partial charge < -0.3 is 5.32 Å². The number of nitrogens with zero attached hydrogens (tertiary/aromatic N) is 2. The Morgan fingerprint density at radius 1 is 1.41 bits per heavy atom. The lowest BCUT2D eigenvalue weighted by Gasteiger charge is -2.10. The first-order valence-electron chi connectivity index (χ1n) is 6.57. The number of carbonyl (C=O) groups excluding carboxylic acids is 1. The molecule has 0 aliphatic carbocycles. The minimum atomic E-state index is -3.66. The maximum absolute atomic E-state index is 13.2. The van der Waals surface area contributed by atoms with Gasteiger partial charge in [0.1, 0.15) is 11.1 Å². The van der Waals surface area contributed by atoms with Crippen LogP contribution >= 0.6 is 0 Å². The van der Waals surface area contributed by atoms with Crippen molar-refractivity contribution in [2.75, 3.05) is 7.05 Å². The van der Waals surface area contributed by atoms with Crippen LogP contribution in [-0.2, 0) is 20.4 Å². The van der Waals surface area contributed by atoms with Gasteiger partial charge >= 0.3 is 0 Å². The number of aromatic nitrogens is 2. The molecule has 0 unspecified atom stereocenters. The van der Waals surface area contributed by atoms with E-state index in [1.807, 2.05) is 0 Å². The first-order chi connectivity index (χ1) is 10.3. The van der Waals surface area contributed by atoms with Gasteiger partial charge in [0.25, 0.3) is 0 Å². The van der Waals surface area contributed by atoms with E-state index in [0.29, 0.717) is 11.4 Å². The molecular formula is C14H16FN3O3S. The Kier molecular flexibility index (Phi) is 4.60. The maximum Gasteiger partial charge on any atom is 0.237 e. The quantitative estimate of drug-likeness (QED) is 0.891. The second kappa shape index (κ2) is 6.27. The Hall–Kier alpha value is -2.22. The number of nitrogens with one attached hydrogen (secondary N) is 1. The number of benzene rings is 1. The number of amides is 1. The molecule has 1 aromatic heterocycles. The van der Waals surface area contributed by atoms with Gasteiger partial charge in [0.15, 0.2) is 9.84 Å². The standard InChI is InChI=1S/C14H16FN3O3S/c1-10(14(19)16-2)22(20,21)9-12-6-7-18(17-12)13-5-3-4-11(15)8-13/h3-8,10H,9H2,1-2H3,(H,16,19)/t10-/m1/s1. The van der Waals surface area contributed by atoms with Crippen LogP contribution in [0.3, 0.4) is 0 Å². The second-order valence-electron chi connectivity index (χ2n) is 4.80. The highest BCUT2D eigenvalue weighted by atomic mass is 32.2. The topological polar surface area (TPSA) is 81.1 Å². The SMILES string of the molecule is CNC(=O)[C@@H](C)S(=O)(=O)Cc1ccn(-c2cccc(F)c2)n1. The number of sulfone groups is 1. The van der Waals surface area contributed by atoms with E-state index in [0.717, 1.165) is 0 Å². The molecule has 1 aromatic carbocycles. The van der Waals surface area contributed by atoms with Crippen molar-refractivity contribution in [3.05, 3.63) is 48.0 Å². The molecule has 1 heterocycles. The molecule has 118 valence electrons. The summed E-state index contributed by atoms with van der Waals surface area (Å²) >= 11 is 0. The Morgan fingerprint density at radius 3 is 2.77 bits per heavy atom. The molecule has 22 heavy (non-hydrogen) atoms. The second-order valence-corrected chi connectivity index (χ2v) is 7.12. The molecular weight excluding hydrogens is 309 g/mol. The van der Waals surface area contributed by atoms with E-state index in [1.165, 1.54) is 42.9 Å². The summed E-state index contributed by atoms with van der Waals surface area (Å²) in [5.41, 5.74) is 0.781. The Balaban J connectivity index is 2.21. The largest absolute Gasteiger partial charge is 0.358 e. The van der Waals surface area contributed by atoms with Crippen LogP contribution in [0.1, 0.15) is 12.6 Å². The first-order valence-corrected chi connectivity index (χ1v) is 8.28. The predicted molar refractivity (Wildman–Crippen MR) is 79.7 cm³/mol. The summed E-state index contributed by atoms with van der Waals surface area (Å²) < 4.78 is 38.8. The van der Waals surface area contributed by atoms with Crippen molar-refractivity contribution < 1.29 is 17.6 Å². The van der Waals surface area contributed by atoms with Crippen LogP contribution in [0.5, 0.6) is 0 Å². The van der Waals surface area contributed by atoms with E-state index in [2.05, 4.69) is 10.4 Å². The van der Waals surface area contributed by atoms with Crippen molar-refractivity contribution in [2.45, 2.75) is 17.9 Å². The van der Waals surface area contributed by atoms with Crippen molar-refractivity contribution in [1.29, 1.82) is 0 Å². The molecule has 0 radical (unpaired) electrons. The number of hydrogen-bond acceptors (Lipinski definition) is 4. The molecule has 0 aliphatic rings. The zero-order valence-electron chi connectivity index (χ0n) is 12.2. The van der Waals surface area contributed by atoms with Crippen molar-refractivity contribution >= 4 is 15.7 Å². The van der Waals surface area contributed by atoms with Crippen LogP contribution in [0.4, 0.5) is 4.39 Å². The van der Waals surface area contributed by atoms with Crippen LogP contribution in [-0.4, -0.2) is 36.4 Å². The fourth-order valence-electron chi connectivity index (χ4n) is 1.90. The zero-order valence-corrected chi connectivity index (χ0v) is 13.0. The summed E-state index contributed by atoms with van der Waals surface area (Å²) in [6.07, 6.45) is 1.55. The van der Waals surface area contributed by atoms with Crippen molar-refractivity contribution in [3.63, 3.8) is 0 Å². The number of hydrogen-bond donors (Lipinski definition) is 1. The Labute approximate surface area is 127 Å². The van der Waals surface area contributed by atoms with E-state index in [-0.39, 0.29) is 5.75 Å². The third kappa shape index (κ3) is 3.51. The summed E-state index contributed by atoms with van der Waals surface area (Å²) in [6.45, 7) is 1.33. The Bertz CT molecular complexity index is 786. The van der Waals surface area contributed by atoms with E-state index >= 15 is 0 Å². The van der Waals surface area contributed by atoms with E-state index in [1.54, 1.807) is 12.3 Å². The molecule has 1 N–H and O–H groups in total. The highest BCUT2D eigenvalue weighted by Crippen LogP contribution is 2.13. The van der Waals surface area contributed by atoms with Gasteiger partial charge in [-0.25, -0.2) is 17.5 Å². The van der Waals surface area contributed by atoms with Gasteiger partial charge in [0, 0.05) is 13.2 Å². The normalized spacial score (nSPS) is 12.9. The zero-order chi connectivity index (χ0) is 16.3. The third-order valence-electron chi connectivity index (χ3n) is 3.22. The molecule has 0 bridgehead atoms. The van der Waals surface area contributed by atoms with Crippen LogP contribution in [0.15, 0.2) is 36.5 Å². The van der Waals surface area contributed by atoms with Crippen LogP contribution in [0.2, 0.25) is 0 Å². The van der Waals surface area contributed by atoms with Crippen molar-refractivity contribution in [2.24, 2.45) is 0 Å². The molecule has 0 saturated heterocycles. The van der Waals surface area contributed by atoms with Crippen molar-refractivity contribution in [1.82, 2.24) is 15.1 Å². The summed E-state index contributed by atoms with van der Waals surface area (Å²) in [5.74, 6) is -1.33. The lowest BCUT2D eigenvalue weighted by atomic mass is 10.3. The van der Waals surface area contributed by atoms with E-state index < -0.39 is 26.8 Å². The lowest BCUT2D eigenvalue weighted by molar-refractivity contribution is -0.119. The smallest absolute Gasteiger partial charge is 0.237 e. The minimum Gasteiger partial charge on any atom is -0.358 e. The molecule has 0 fully saturated rings. The average Bonchev–Trinajstić information content (AvgIpc) is 2.93. The molecule has 1 amide bonds. The van der Waals surface area contributed by atoms with Gasteiger partial charge in [0.2, 0.25) is 5.91 Å². The number of halogens is 1. The molecule has 8 heteroatoms. The van der Waals surface area contributed by atoms with Crippen molar-refractivity contribution in [3.8, 4) is 5.69 Å². The molecule has 0 aliphatic heterocycles. The number of carbonyl (C=O) groups is 1. The van der Waals surface area contributed by atoms with Crippen LogP contribution in [0.25, 0.3) is 5.69 Å². The summed E-state index contributed by atoms with van der Waals surface area (Å²) in [7, 11) is -2.28. The summed E-state index contributed by atoms with van der Waals surface area (Å²) in [4.78, 5) is 11.5. The monoisotopic (exact) mass is 325 g/mol. The summed E-state index contributed by atoms with van der Waals surface area (Å²) in [5, 5.41) is 5.27. The van der Waals surface area contributed by atoms with Gasteiger partial charge in [-0.05, 0) is 31.2 Å². The fourth-order valence-corrected chi connectivity index (χ4v) is 3.16. The third-order valence-corrected chi connectivity index (χ3v) is 5.21. The molecule has 6 nitrogen and oxygen atoms in total. The van der Waals surface area contributed by atoms with Crippen LogP contribution < -0.4 is 5.32 Å². The van der Waals surface area contributed by atoms with Gasteiger partial charge in [-0.15, -0.1) is 0 Å². The molecule has 2 rings (SSSR count). The van der Waals surface area contributed by atoms with Gasteiger partial charge in [0.05, 0.1) is 17.1 Å². The van der Waals surface area contributed by atoms with Gasteiger partial charge in [-0.3, -0.25) is 4.79 Å². The maximum atomic E-state index is 13.2. The van der Waals surface area contributed by atoms with Gasteiger partial charge in [-0.1, -0.05) is 6.07 Å². The summed E-state index contributed by atoms with van der Waals surface area (Å²) in [6, 6.07) is 7.32. The highest BCUT2D eigenvalue weighted by Gasteiger charge is 2.28. The van der Waals surface area contributed by atoms with Crippen LogP contribution in [0, 0.1) is 5.82 Å². The lowest BCUT2D eigenvalue weighted by Crippen LogP contribution is -2.36. The first kappa shape index (κ1) is 16.2. The minimum absolute atomic E-state index is 0.292. The van der Waals surface area contributed by atoms with E-state index in [4.69, 9.17) is 0 Å². The number of rotatable bonds is 5. The Morgan fingerprint density at radius 2 is 2.14 bits per heavy atom. The average molecular weight is 325 g/mol.